The van der Waals surface area contributed by atoms with Crippen LogP contribution in [0.1, 0.15) is 15.9 Å². The van der Waals surface area contributed by atoms with Gasteiger partial charge in [-0.25, -0.2) is 4.39 Å². The Morgan fingerprint density at radius 1 is 1.27 bits per heavy atom. The van der Waals surface area contributed by atoms with Gasteiger partial charge in [-0.05, 0) is 12.1 Å². The van der Waals surface area contributed by atoms with Gasteiger partial charge in [-0.3, -0.25) is 4.79 Å². The summed E-state index contributed by atoms with van der Waals surface area (Å²) < 4.78 is 49.6. The molecule has 15 heavy (non-hydrogen) atoms. The quantitative estimate of drug-likeness (QED) is 0.558. The van der Waals surface area contributed by atoms with Gasteiger partial charge in [0, 0.05) is 5.69 Å². The molecular formula is C8H6F4N2O. The van der Waals surface area contributed by atoms with Crippen LogP contribution in [0.2, 0.25) is 0 Å². The molecule has 0 aliphatic heterocycles. The highest BCUT2D eigenvalue weighted by Gasteiger charge is 2.34. The number of nitrogen functional groups attached to an aromatic ring is 1. The van der Waals surface area contributed by atoms with E-state index in [2.05, 4.69) is 0 Å². The second kappa shape index (κ2) is 3.41. The smallest absolute Gasteiger partial charge is 0.398 e. The number of hydrogen-bond donors (Lipinski definition) is 2. The number of rotatable bonds is 1. The fourth-order valence-electron chi connectivity index (χ4n) is 1.02. The molecule has 1 amide bonds. The number of benzene rings is 1. The Bertz CT molecular complexity index is 414. The topological polar surface area (TPSA) is 69.1 Å². The van der Waals surface area contributed by atoms with Gasteiger partial charge < -0.3 is 11.5 Å². The lowest BCUT2D eigenvalue weighted by Gasteiger charge is -2.11. The summed E-state index contributed by atoms with van der Waals surface area (Å²) >= 11 is 0. The Balaban J connectivity index is 3.39. The highest BCUT2D eigenvalue weighted by Crippen LogP contribution is 2.34. The molecule has 7 heteroatoms. The van der Waals surface area contributed by atoms with Crippen LogP contribution in [0.15, 0.2) is 12.1 Å². The third kappa shape index (κ3) is 2.17. The van der Waals surface area contributed by atoms with Gasteiger partial charge in [-0.2, -0.15) is 13.2 Å². The number of carbonyl (C=O) groups is 1. The average Bonchev–Trinajstić information content (AvgIpc) is 2.06. The van der Waals surface area contributed by atoms with Gasteiger partial charge in [-0.15, -0.1) is 0 Å². The summed E-state index contributed by atoms with van der Waals surface area (Å²) in [6.45, 7) is 0. The zero-order valence-corrected chi connectivity index (χ0v) is 7.23. The first-order valence-electron chi connectivity index (χ1n) is 3.69. The Labute approximate surface area is 81.7 Å². The molecular weight excluding hydrogens is 216 g/mol. The van der Waals surface area contributed by atoms with Crippen molar-refractivity contribution in [3.63, 3.8) is 0 Å². The van der Waals surface area contributed by atoms with E-state index in [0.29, 0.717) is 6.07 Å². The average molecular weight is 222 g/mol. The van der Waals surface area contributed by atoms with Gasteiger partial charge in [0.05, 0.1) is 11.1 Å². The number of anilines is 1. The third-order valence-electron chi connectivity index (χ3n) is 1.71. The number of nitrogens with two attached hydrogens (primary N) is 2. The second-order valence-corrected chi connectivity index (χ2v) is 2.78. The second-order valence-electron chi connectivity index (χ2n) is 2.78. The Hall–Kier alpha value is -1.79. The molecule has 1 rings (SSSR count). The minimum Gasteiger partial charge on any atom is -0.398 e. The molecule has 0 heterocycles. The van der Waals surface area contributed by atoms with Crippen LogP contribution >= 0.6 is 0 Å². The van der Waals surface area contributed by atoms with E-state index in [1.54, 1.807) is 0 Å². The van der Waals surface area contributed by atoms with Crippen molar-refractivity contribution in [2.75, 3.05) is 5.73 Å². The molecule has 82 valence electrons. The van der Waals surface area contributed by atoms with Crippen LogP contribution in [0.5, 0.6) is 0 Å². The van der Waals surface area contributed by atoms with Crippen molar-refractivity contribution in [2.24, 2.45) is 5.73 Å². The fraction of sp³-hybridized carbons (Fsp3) is 0.125. The van der Waals surface area contributed by atoms with E-state index < -0.39 is 34.7 Å². The highest BCUT2D eigenvalue weighted by atomic mass is 19.4. The predicted molar refractivity (Wildman–Crippen MR) is 44.3 cm³/mol. The van der Waals surface area contributed by atoms with Gasteiger partial charge >= 0.3 is 6.18 Å². The van der Waals surface area contributed by atoms with Crippen molar-refractivity contribution >= 4 is 11.6 Å². The van der Waals surface area contributed by atoms with Crippen LogP contribution in [0.3, 0.4) is 0 Å². The maximum Gasteiger partial charge on any atom is 0.418 e. The maximum atomic E-state index is 13.0. The molecule has 0 aromatic heterocycles. The molecule has 0 unspecified atom stereocenters. The lowest BCUT2D eigenvalue weighted by molar-refractivity contribution is -0.137. The van der Waals surface area contributed by atoms with Gasteiger partial charge in [0.25, 0.3) is 5.91 Å². The molecule has 0 spiro atoms. The predicted octanol–water partition coefficient (Wildman–Crippen LogP) is 1.53. The maximum absolute atomic E-state index is 13.0. The van der Waals surface area contributed by atoms with E-state index in [9.17, 15) is 22.4 Å². The zero-order valence-electron chi connectivity index (χ0n) is 7.23. The minimum absolute atomic E-state index is 0.148. The number of carbonyl (C=O) groups excluding carboxylic acids is 1. The SMILES string of the molecule is NC(=O)c1cc(N)c(C(F)(F)F)cc1F. The number of alkyl halides is 3. The molecule has 3 nitrogen and oxygen atoms in total. The largest absolute Gasteiger partial charge is 0.418 e. The molecule has 0 atom stereocenters. The van der Waals surface area contributed by atoms with Crippen molar-refractivity contribution in [3.05, 3.63) is 29.1 Å². The van der Waals surface area contributed by atoms with Crippen LogP contribution in [-0.4, -0.2) is 5.91 Å². The summed E-state index contributed by atoms with van der Waals surface area (Å²) in [5, 5.41) is 0. The van der Waals surface area contributed by atoms with Crippen LogP contribution in [0.4, 0.5) is 23.2 Å². The van der Waals surface area contributed by atoms with Crippen molar-refractivity contribution in [1.29, 1.82) is 0 Å². The first-order chi connectivity index (χ1) is 6.73. The lowest BCUT2D eigenvalue weighted by Crippen LogP contribution is -2.16. The molecule has 0 radical (unpaired) electrons. The lowest BCUT2D eigenvalue weighted by atomic mass is 10.1. The summed E-state index contributed by atoms with van der Waals surface area (Å²) in [4.78, 5) is 10.6. The van der Waals surface area contributed by atoms with Crippen LogP contribution in [-0.2, 0) is 6.18 Å². The molecule has 1 aromatic rings. The van der Waals surface area contributed by atoms with E-state index in [0.717, 1.165) is 0 Å². The summed E-state index contributed by atoms with van der Waals surface area (Å²) in [5.41, 5.74) is 7.01. The normalized spacial score (nSPS) is 11.5. The van der Waals surface area contributed by atoms with Crippen molar-refractivity contribution < 1.29 is 22.4 Å². The van der Waals surface area contributed by atoms with E-state index in [1.165, 1.54) is 0 Å². The Morgan fingerprint density at radius 3 is 2.20 bits per heavy atom. The molecule has 0 saturated heterocycles. The minimum atomic E-state index is -4.76. The summed E-state index contributed by atoms with van der Waals surface area (Å²) in [6, 6.07) is 0.718. The summed E-state index contributed by atoms with van der Waals surface area (Å²) in [6.07, 6.45) is -4.76. The Kier molecular flexibility index (Phi) is 2.57. The molecule has 0 aliphatic carbocycles. The van der Waals surface area contributed by atoms with Gasteiger partial charge in [0.15, 0.2) is 0 Å². The fourth-order valence-corrected chi connectivity index (χ4v) is 1.02. The van der Waals surface area contributed by atoms with Gasteiger partial charge in [-0.1, -0.05) is 0 Å². The third-order valence-corrected chi connectivity index (χ3v) is 1.71. The van der Waals surface area contributed by atoms with Crippen molar-refractivity contribution in [1.82, 2.24) is 0 Å². The molecule has 1 aromatic carbocycles. The molecule has 0 bridgehead atoms. The Morgan fingerprint density at radius 2 is 1.80 bits per heavy atom. The van der Waals surface area contributed by atoms with E-state index in [1.807, 2.05) is 0 Å². The van der Waals surface area contributed by atoms with Crippen molar-refractivity contribution in [2.45, 2.75) is 6.18 Å². The zero-order chi connectivity index (χ0) is 11.8. The monoisotopic (exact) mass is 222 g/mol. The number of amides is 1. The van der Waals surface area contributed by atoms with Gasteiger partial charge in [0.2, 0.25) is 0 Å². The first kappa shape index (κ1) is 11.3. The first-order valence-corrected chi connectivity index (χ1v) is 3.69. The van der Waals surface area contributed by atoms with Crippen LogP contribution in [0.25, 0.3) is 0 Å². The van der Waals surface area contributed by atoms with E-state index >= 15 is 0 Å². The number of hydrogen-bond acceptors (Lipinski definition) is 2. The van der Waals surface area contributed by atoms with Crippen molar-refractivity contribution in [3.8, 4) is 0 Å². The van der Waals surface area contributed by atoms with Gasteiger partial charge in [0.1, 0.15) is 5.82 Å². The highest BCUT2D eigenvalue weighted by molar-refractivity contribution is 5.94. The van der Waals surface area contributed by atoms with Crippen LogP contribution in [0, 0.1) is 5.82 Å². The summed E-state index contributed by atoms with van der Waals surface area (Å²) in [5.74, 6) is -2.52. The van der Waals surface area contributed by atoms with E-state index in [4.69, 9.17) is 11.5 Å². The van der Waals surface area contributed by atoms with Crippen LogP contribution < -0.4 is 11.5 Å². The standard InChI is InChI=1S/C8H6F4N2O/c9-5-2-4(8(10,11)12)6(13)1-3(5)7(14)15/h1-2H,13H2,(H2,14,15). The molecule has 0 aliphatic rings. The molecule has 4 N–H and O–H groups in total. The molecule has 0 saturated carbocycles. The molecule has 0 fully saturated rings. The number of primary amides is 1. The van der Waals surface area contributed by atoms with E-state index in [-0.39, 0.29) is 6.07 Å². The summed E-state index contributed by atoms with van der Waals surface area (Å²) in [7, 11) is 0. The number of halogens is 4.